The Morgan fingerprint density at radius 1 is 1.31 bits per heavy atom. The average Bonchev–Trinajstić information content (AvgIpc) is 3.40. The number of anilines is 1. The smallest absolute Gasteiger partial charge is 0.253 e. The third kappa shape index (κ3) is 3.90. The van der Waals surface area contributed by atoms with Gasteiger partial charge in [0.2, 0.25) is 0 Å². The predicted octanol–water partition coefficient (Wildman–Crippen LogP) is 3.28. The topological polar surface area (TPSA) is 54.5 Å². The molecule has 1 aromatic heterocycles. The highest BCUT2D eigenvalue weighted by molar-refractivity contribution is 6.33. The molecule has 1 amide bonds. The fraction of sp³-hybridized carbons (Fsp3) is 0.368. The van der Waals surface area contributed by atoms with Crippen molar-refractivity contribution in [2.45, 2.75) is 18.9 Å². The minimum atomic E-state index is -0.275. The molecule has 0 radical (unpaired) electrons. The number of aromatic nitrogens is 1. The average molecular weight is 376 g/mol. The van der Waals surface area contributed by atoms with Crippen LogP contribution in [0.4, 0.5) is 10.2 Å². The number of halogens is 2. The van der Waals surface area contributed by atoms with Crippen molar-refractivity contribution in [2.75, 3.05) is 24.6 Å². The molecule has 1 aromatic carbocycles. The van der Waals surface area contributed by atoms with Crippen LogP contribution in [0.5, 0.6) is 5.75 Å². The van der Waals surface area contributed by atoms with E-state index in [0.717, 1.165) is 31.7 Å². The first-order chi connectivity index (χ1) is 12.6. The van der Waals surface area contributed by atoms with Gasteiger partial charge in [-0.2, -0.15) is 0 Å². The normalized spacial score (nSPS) is 16.9. The lowest BCUT2D eigenvalue weighted by molar-refractivity contribution is 0.0951. The van der Waals surface area contributed by atoms with Crippen LogP contribution in [0.1, 0.15) is 23.2 Å². The molecule has 2 heterocycles. The third-order valence-electron chi connectivity index (χ3n) is 4.58. The monoisotopic (exact) mass is 375 g/mol. The minimum Gasteiger partial charge on any atom is -0.493 e. The van der Waals surface area contributed by atoms with Crippen molar-refractivity contribution in [1.82, 2.24) is 10.3 Å². The standard InChI is InChI=1S/C19H19ClFN3O2/c20-17-8-22-18(7-16(17)19(25)23-14-3-4-14)24-9-12(10-24)11-26-15-5-1-13(21)2-6-15/h1-2,5-8,12,14H,3-4,9-11H2,(H,23,25). The summed E-state index contributed by atoms with van der Waals surface area (Å²) < 4.78 is 18.6. The summed E-state index contributed by atoms with van der Waals surface area (Å²) in [6.45, 7) is 2.14. The fourth-order valence-corrected chi connectivity index (χ4v) is 3.06. The molecule has 0 unspecified atom stereocenters. The van der Waals surface area contributed by atoms with Gasteiger partial charge in [-0.3, -0.25) is 4.79 Å². The summed E-state index contributed by atoms with van der Waals surface area (Å²) in [6, 6.07) is 8.04. The first-order valence-electron chi connectivity index (χ1n) is 8.68. The van der Waals surface area contributed by atoms with Gasteiger partial charge < -0.3 is 15.0 Å². The van der Waals surface area contributed by atoms with E-state index in [1.54, 1.807) is 18.2 Å². The van der Waals surface area contributed by atoms with Crippen LogP contribution in [0.2, 0.25) is 5.02 Å². The molecule has 1 saturated heterocycles. The SMILES string of the molecule is O=C(NC1CC1)c1cc(N2CC(COc3ccc(F)cc3)C2)ncc1Cl. The fourth-order valence-electron chi connectivity index (χ4n) is 2.87. The zero-order valence-corrected chi connectivity index (χ0v) is 14.9. The second kappa shape index (κ2) is 7.11. The number of hydrogen-bond acceptors (Lipinski definition) is 4. The molecule has 1 N–H and O–H groups in total. The highest BCUT2D eigenvalue weighted by Gasteiger charge is 2.30. The molecule has 26 heavy (non-hydrogen) atoms. The summed E-state index contributed by atoms with van der Waals surface area (Å²) >= 11 is 6.13. The van der Waals surface area contributed by atoms with E-state index in [4.69, 9.17) is 16.3 Å². The molecule has 1 aliphatic carbocycles. The van der Waals surface area contributed by atoms with Crippen molar-refractivity contribution in [3.05, 3.63) is 52.9 Å². The lowest BCUT2D eigenvalue weighted by atomic mass is 10.0. The number of pyridine rings is 1. The number of benzene rings is 1. The molecule has 1 aliphatic heterocycles. The van der Waals surface area contributed by atoms with E-state index in [1.165, 1.54) is 18.3 Å². The van der Waals surface area contributed by atoms with Crippen LogP contribution in [0.25, 0.3) is 0 Å². The second-order valence-corrected chi connectivity index (χ2v) is 7.21. The van der Waals surface area contributed by atoms with Crippen LogP contribution in [-0.2, 0) is 0 Å². The summed E-state index contributed by atoms with van der Waals surface area (Å²) in [6.07, 6.45) is 3.59. The van der Waals surface area contributed by atoms with Crippen LogP contribution in [0.3, 0.4) is 0 Å². The maximum Gasteiger partial charge on any atom is 0.253 e. The lowest BCUT2D eigenvalue weighted by Gasteiger charge is -2.40. The highest BCUT2D eigenvalue weighted by Crippen LogP contribution is 2.28. The number of carbonyl (C=O) groups is 1. The van der Waals surface area contributed by atoms with Gasteiger partial charge in [-0.05, 0) is 43.2 Å². The number of nitrogens with zero attached hydrogens (tertiary/aromatic N) is 2. The molecule has 7 heteroatoms. The third-order valence-corrected chi connectivity index (χ3v) is 4.88. The second-order valence-electron chi connectivity index (χ2n) is 6.81. The van der Waals surface area contributed by atoms with Crippen molar-refractivity contribution < 1.29 is 13.9 Å². The first-order valence-corrected chi connectivity index (χ1v) is 9.06. The van der Waals surface area contributed by atoms with E-state index in [9.17, 15) is 9.18 Å². The summed E-state index contributed by atoms with van der Waals surface area (Å²) in [7, 11) is 0. The zero-order valence-electron chi connectivity index (χ0n) is 14.1. The summed E-state index contributed by atoms with van der Waals surface area (Å²) in [5.74, 6) is 1.35. The first kappa shape index (κ1) is 17.1. The Hall–Kier alpha value is -2.34. The van der Waals surface area contributed by atoms with E-state index >= 15 is 0 Å². The van der Waals surface area contributed by atoms with Crippen LogP contribution >= 0.6 is 11.6 Å². The highest BCUT2D eigenvalue weighted by atomic mass is 35.5. The van der Waals surface area contributed by atoms with Gasteiger partial charge in [0.25, 0.3) is 5.91 Å². The molecule has 5 nitrogen and oxygen atoms in total. The lowest BCUT2D eigenvalue weighted by Crippen LogP contribution is -2.49. The molecule has 2 aromatic rings. The van der Waals surface area contributed by atoms with Crippen molar-refractivity contribution in [1.29, 1.82) is 0 Å². The van der Waals surface area contributed by atoms with Gasteiger partial charge in [-0.1, -0.05) is 11.6 Å². The van der Waals surface area contributed by atoms with Gasteiger partial charge in [0.05, 0.1) is 17.2 Å². The van der Waals surface area contributed by atoms with Gasteiger partial charge in [-0.25, -0.2) is 9.37 Å². The number of amides is 1. The van der Waals surface area contributed by atoms with Crippen LogP contribution in [0.15, 0.2) is 36.5 Å². The molecule has 4 rings (SSSR count). The van der Waals surface area contributed by atoms with E-state index in [1.807, 2.05) is 0 Å². The van der Waals surface area contributed by atoms with E-state index in [2.05, 4.69) is 15.2 Å². The number of ether oxygens (including phenoxy) is 1. The Labute approximate surface area is 156 Å². The Bertz CT molecular complexity index is 805. The van der Waals surface area contributed by atoms with Gasteiger partial charge in [0.1, 0.15) is 17.4 Å². The summed E-state index contributed by atoms with van der Waals surface area (Å²) in [4.78, 5) is 18.7. The summed E-state index contributed by atoms with van der Waals surface area (Å²) in [5.41, 5.74) is 0.467. The molecular formula is C19H19ClFN3O2. The molecule has 1 saturated carbocycles. The molecule has 0 spiro atoms. The predicted molar refractivity (Wildman–Crippen MR) is 97.3 cm³/mol. The van der Waals surface area contributed by atoms with Gasteiger partial charge in [-0.15, -0.1) is 0 Å². The van der Waals surface area contributed by atoms with Crippen molar-refractivity contribution in [2.24, 2.45) is 5.92 Å². The maximum absolute atomic E-state index is 12.9. The number of carbonyl (C=O) groups excluding carboxylic acids is 1. The molecule has 0 bridgehead atoms. The molecule has 136 valence electrons. The van der Waals surface area contributed by atoms with Crippen molar-refractivity contribution in [3.63, 3.8) is 0 Å². The summed E-state index contributed by atoms with van der Waals surface area (Å²) in [5, 5.41) is 3.31. The molecule has 2 fully saturated rings. The van der Waals surface area contributed by atoms with Gasteiger partial charge in [0.15, 0.2) is 0 Å². The van der Waals surface area contributed by atoms with E-state index < -0.39 is 0 Å². The largest absolute Gasteiger partial charge is 0.493 e. The van der Waals surface area contributed by atoms with E-state index in [-0.39, 0.29) is 17.8 Å². The Morgan fingerprint density at radius 2 is 2.04 bits per heavy atom. The number of rotatable bonds is 6. The number of nitrogens with one attached hydrogen (secondary N) is 1. The zero-order chi connectivity index (χ0) is 18.1. The molecule has 0 atom stereocenters. The van der Waals surface area contributed by atoms with Crippen LogP contribution in [-0.4, -0.2) is 36.6 Å². The maximum atomic E-state index is 12.9. The van der Waals surface area contributed by atoms with Crippen LogP contribution in [0, 0.1) is 11.7 Å². The quantitative estimate of drug-likeness (QED) is 0.841. The van der Waals surface area contributed by atoms with Gasteiger partial charge in [0, 0.05) is 31.2 Å². The Morgan fingerprint density at radius 3 is 2.73 bits per heavy atom. The Balaban J connectivity index is 1.32. The molecule has 2 aliphatic rings. The van der Waals surface area contributed by atoms with Crippen LogP contribution < -0.4 is 15.0 Å². The van der Waals surface area contributed by atoms with Crippen molar-refractivity contribution in [3.8, 4) is 5.75 Å². The van der Waals surface area contributed by atoms with Gasteiger partial charge >= 0.3 is 0 Å². The molecular weight excluding hydrogens is 357 g/mol. The minimum absolute atomic E-state index is 0.141. The number of hydrogen-bond donors (Lipinski definition) is 1. The van der Waals surface area contributed by atoms with Crippen molar-refractivity contribution >= 4 is 23.3 Å². The van der Waals surface area contributed by atoms with E-state index in [0.29, 0.717) is 28.9 Å². The Kier molecular flexibility index (Phi) is 4.68.